The van der Waals surface area contributed by atoms with E-state index < -0.39 is 12.0 Å². The number of carboxylic acids is 1. The fraction of sp³-hybridized carbons (Fsp3) is 0.462. The molecule has 1 unspecified atom stereocenters. The molecule has 6 heteroatoms. The first-order valence-corrected chi connectivity index (χ1v) is 6.00. The summed E-state index contributed by atoms with van der Waals surface area (Å²) in [5, 5.41) is 18.5. The molecule has 19 heavy (non-hydrogen) atoms. The summed E-state index contributed by atoms with van der Waals surface area (Å²) in [5.74, 6) is -0.948. The van der Waals surface area contributed by atoms with E-state index in [1.54, 1.807) is 17.9 Å². The summed E-state index contributed by atoms with van der Waals surface area (Å²) in [7, 11) is 0. The zero-order chi connectivity index (χ0) is 14.0. The van der Waals surface area contributed by atoms with Crippen LogP contribution in [-0.4, -0.2) is 41.9 Å². The van der Waals surface area contributed by atoms with Crippen LogP contribution in [0.3, 0.4) is 0 Å². The monoisotopic (exact) mass is 261 g/mol. The highest BCUT2D eigenvalue weighted by Crippen LogP contribution is 2.26. The van der Waals surface area contributed by atoms with Crippen molar-refractivity contribution in [2.45, 2.75) is 19.9 Å². The van der Waals surface area contributed by atoms with Crippen molar-refractivity contribution in [3.05, 3.63) is 23.0 Å². The minimum Gasteiger partial charge on any atom is -0.480 e. The minimum absolute atomic E-state index is 0.126. The normalized spacial score (nSPS) is 19.0. The van der Waals surface area contributed by atoms with Crippen LogP contribution in [0, 0.1) is 25.2 Å². The molecule has 1 aliphatic rings. The van der Waals surface area contributed by atoms with Gasteiger partial charge in [0.15, 0.2) is 6.04 Å². The van der Waals surface area contributed by atoms with Gasteiger partial charge in [0.25, 0.3) is 0 Å². The van der Waals surface area contributed by atoms with Crippen LogP contribution in [0.2, 0.25) is 0 Å². The number of hydrogen-bond acceptors (Lipinski definition) is 5. The molecule has 1 N–H and O–H groups in total. The fourth-order valence-corrected chi connectivity index (χ4v) is 2.27. The summed E-state index contributed by atoms with van der Waals surface area (Å²) in [6.45, 7) is 4.61. The molecule has 6 nitrogen and oxygen atoms in total. The van der Waals surface area contributed by atoms with Crippen molar-refractivity contribution in [3.8, 4) is 6.07 Å². The van der Waals surface area contributed by atoms with Gasteiger partial charge in [-0.25, -0.2) is 4.79 Å². The number of carboxylic acid groups (broad SMARTS) is 1. The first-order chi connectivity index (χ1) is 9.04. The number of anilines is 1. The van der Waals surface area contributed by atoms with E-state index in [0.29, 0.717) is 30.1 Å². The van der Waals surface area contributed by atoms with Gasteiger partial charge in [0, 0.05) is 12.2 Å². The van der Waals surface area contributed by atoms with E-state index in [1.165, 1.54) is 0 Å². The van der Waals surface area contributed by atoms with Gasteiger partial charge in [-0.1, -0.05) is 0 Å². The highest BCUT2D eigenvalue weighted by atomic mass is 16.5. The second-order valence-corrected chi connectivity index (χ2v) is 4.48. The van der Waals surface area contributed by atoms with Crippen molar-refractivity contribution in [2.24, 2.45) is 0 Å². The Balaban J connectivity index is 2.50. The predicted molar refractivity (Wildman–Crippen MR) is 68.0 cm³/mol. The lowest BCUT2D eigenvalue weighted by atomic mass is 10.1. The number of morpholine rings is 1. The van der Waals surface area contributed by atoms with Gasteiger partial charge in [0.2, 0.25) is 0 Å². The van der Waals surface area contributed by atoms with E-state index in [0.717, 1.165) is 5.69 Å². The average molecular weight is 261 g/mol. The zero-order valence-electron chi connectivity index (χ0n) is 10.9. The highest BCUT2D eigenvalue weighted by molar-refractivity contribution is 5.80. The number of carbonyl (C=O) groups is 1. The molecule has 1 aromatic rings. The van der Waals surface area contributed by atoms with Crippen LogP contribution in [0.25, 0.3) is 0 Å². The second-order valence-electron chi connectivity index (χ2n) is 4.48. The summed E-state index contributed by atoms with van der Waals surface area (Å²) in [6, 6.07) is 3.10. The molecule has 0 amide bonds. The summed E-state index contributed by atoms with van der Waals surface area (Å²) in [6.07, 6.45) is 0. The lowest BCUT2D eigenvalue weighted by molar-refractivity contribution is -0.141. The van der Waals surface area contributed by atoms with E-state index >= 15 is 0 Å². The maximum Gasteiger partial charge on any atom is 0.328 e. The van der Waals surface area contributed by atoms with Crippen molar-refractivity contribution in [2.75, 3.05) is 24.7 Å². The number of aryl methyl sites for hydroxylation is 2. The van der Waals surface area contributed by atoms with Gasteiger partial charge < -0.3 is 14.7 Å². The number of pyridine rings is 1. The molecule has 0 saturated carbocycles. The Hall–Kier alpha value is -2.13. The molecule has 1 aromatic heterocycles. The molecule has 0 aliphatic carbocycles. The van der Waals surface area contributed by atoms with E-state index in [2.05, 4.69) is 11.1 Å². The van der Waals surface area contributed by atoms with Gasteiger partial charge in [0.05, 0.1) is 30.2 Å². The highest BCUT2D eigenvalue weighted by Gasteiger charge is 2.31. The Kier molecular flexibility index (Phi) is 3.67. The molecule has 0 radical (unpaired) electrons. The number of aliphatic carboxylic acids is 1. The molecule has 0 aromatic carbocycles. The third kappa shape index (κ3) is 2.51. The lowest BCUT2D eigenvalue weighted by Gasteiger charge is -2.35. The molecule has 0 spiro atoms. The quantitative estimate of drug-likeness (QED) is 0.849. The molecule has 0 bridgehead atoms. The Bertz CT molecular complexity index is 551. The van der Waals surface area contributed by atoms with E-state index in [9.17, 15) is 15.2 Å². The van der Waals surface area contributed by atoms with Crippen LogP contribution in [0.1, 0.15) is 17.0 Å². The first kappa shape index (κ1) is 13.3. The third-order valence-electron chi connectivity index (χ3n) is 3.14. The van der Waals surface area contributed by atoms with Crippen LogP contribution in [-0.2, 0) is 9.53 Å². The first-order valence-electron chi connectivity index (χ1n) is 6.00. The van der Waals surface area contributed by atoms with Gasteiger partial charge in [-0.05, 0) is 19.9 Å². The number of nitriles is 1. The number of aromatic nitrogens is 1. The van der Waals surface area contributed by atoms with Crippen LogP contribution >= 0.6 is 0 Å². The standard InChI is InChI=1S/C13H15N3O3/c1-8-5-11(10(6-14)9(2)15-8)16-3-4-19-7-12(16)13(17)18/h5,12H,3-4,7H2,1-2H3,(H,17,18). The van der Waals surface area contributed by atoms with E-state index in [-0.39, 0.29) is 6.61 Å². The van der Waals surface area contributed by atoms with Crippen LogP contribution in [0.5, 0.6) is 0 Å². The van der Waals surface area contributed by atoms with Gasteiger partial charge >= 0.3 is 5.97 Å². The summed E-state index contributed by atoms with van der Waals surface area (Å²) in [4.78, 5) is 17.2. The second kappa shape index (κ2) is 5.24. The maximum absolute atomic E-state index is 11.3. The van der Waals surface area contributed by atoms with Crippen LogP contribution in [0.15, 0.2) is 6.07 Å². The van der Waals surface area contributed by atoms with Gasteiger partial charge in [-0.3, -0.25) is 4.98 Å². The Labute approximate surface area is 111 Å². The Morgan fingerprint density at radius 2 is 2.37 bits per heavy atom. The number of nitrogens with zero attached hydrogens (tertiary/aromatic N) is 3. The van der Waals surface area contributed by atoms with Crippen molar-refractivity contribution in [3.63, 3.8) is 0 Å². The molecule has 1 saturated heterocycles. The van der Waals surface area contributed by atoms with Gasteiger partial charge in [-0.2, -0.15) is 5.26 Å². The maximum atomic E-state index is 11.3. The van der Waals surface area contributed by atoms with Crippen molar-refractivity contribution in [1.82, 2.24) is 4.98 Å². The zero-order valence-corrected chi connectivity index (χ0v) is 10.9. The van der Waals surface area contributed by atoms with Crippen molar-refractivity contribution < 1.29 is 14.6 Å². The molecule has 2 heterocycles. The lowest BCUT2D eigenvalue weighted by Crippen LogP contribution is -2.50. The Morgan fingerprint density at radius 3 is 3.00 bits per heavy atom. The number of ether oxygens (including phenoxy) is 1. The predicted octanol–water partition coefficient (Wildman–Crippen LogP) is 0.860. The molecule has 1 atom stereocenters. The summed E-state index contributed by atoms with van der Waals surface area (Å²) in [5.41, 5.74) is 2.44. The molecule has 1 aliphatic heterocycles. The van der Waals surface area contributed by atoms with Gasteiger partial charge in [0.1, 0.15) is 6.07 Å². The van der Waals surface area contributed by atoms with Crippen molar-refractivity contribution in [1.29, 1.82) is 5.26 Å². The largest absolute Gasteiger partial charge is 0.480 e. The van der Waals surface area contributed by atoms with E-state index in [1.807, 2.05) is 6.92 Å². The molecule has 100 valence electrons. The minimum atomic E-state index is -0.948. The SMILES string of the molecule is Cc1cc(N2CCOCC2C(=O)O)c(C#N)c(C)n1. The molecule has 1 fully saturated rings. The third-order valence-corrected chi connectivity index (χ3v) is 3.14. The summed E-state index contributed by atoms with van der Waals surface area (Å²) < 4.78 is 5.21. The average Bonchev–Trinajstić information content (AvgIpc) is 2.37. The topological polar surface area (TPSA) is 86.5 Å². The van der Waals surface area contributed by atoms with Crippen LogP contribution < -0.4 is 4.90 Å². The molecular formula is C13H15N3O3. The Morgan fingerprint density at radius 1 is 1.63 bits per heavy atom. The number of rotatable bonds is 2. The van der Waals surface area contributed by atoms with Crippen molar-refractivity contribution >= 4 is 11.7 Å². The van der Waals surface area contributed by atoms with Gasteiger partial charge in [-0.15, -0.1) is 0 Å². The molecule has 2 rings (SSSR count). The van der Waals surface area contributed by atoms with E-state index in [4.69, 9.17) is 4.74 Å². The smallest absolute Gasteiger partial charge is 0.328 e. The fourth-order valence-electron chi connectivity index (χ4n) is 2.27. The van der Waals surface area contributed by atoms with Crippen LogP contribution in [0.4, 0.5) is 5.69 Å². The molecular weight excluding hydrogens is 246 g/mol. The number of hydrogen-bond donors (Lipinski definition) is 1. The summed E-state index contributed by atoms with van der Waals surface area (Å²) >= 11 is 0.